The van der Waals surface area contributed by atoms with E-state index in [0.717, 1.165) is 0 Å². The van der Waals surface area contributed by atoms with Crippen LogP contribution in [0.25, 0.3) is 0 Å². The molecular formula is C18H17F2N7O3. The van der Waals surface area contributed by atoms with Gasteiger partial charge in [0.05, 0.1) is 18.4 Å². The van der Waals surface area contributed by atoms with Crippen molar-refractivity contribution in [1.29, 1.82) is 0 Å². The van der Waals surface area contributed by atoms with Gasteiger partial charge in [0, 0.05) is 32.0 Å². The van der Waals surface area contributed by atoms with Gasteiger partial charge in [0.25, 0.3) is 5.91 Å². The Labute approximate surface area is 169 Å². The highest BCUT2D eigenvalue weighted by atomic mass is 19.3. The van der Waals surface area contributed by atoms with Crippen LogP contribution in [0, 0.1) is 0 Å². The van der Waals surface area contributed by atoms with Crippen molar-refractivity contribution >= 4 is 23.4 Å². The van der Waals surface area contributed by atoms with Crippen molar-refractivity contribution in [3.63, 3.8) is 0 Å². The normalized spacial score (nSPS) is 13.7. The van der Waals surface area contributed by atoms with Gasteiger partial charge in [-0.3, -0.25) is 9.48 Å². The van der Waals surface area contributed by atoms with Crippen LogP contribution in [0.3, 0.4) is 0 Å². The number of nitrogens with zero attached hydrogens (tertiary/aromatic N) is 4. The molecule has 0 atom stereocenters. The molecule has 0 radical (unpaired) electrons. The number of ether oxygens (including phenoxy) is 2. The molecule has 10 nitrogen and oxygen atoms in total. The highest BCUT2D eigenvalue weighted by Gasteiger charge is 2.43. The SMILES string of the molecule is CNc1nccc(CNc2c(C(=O)Nc3ccc4c(c3)OC(F)(F)O4)cnn2C)n1. The summed E-state index contributed by atoms with van der Waals surface area (Å²) < 4.78 is 36.6. The highest BCUT2D eigenvalue weighted by Crippen LogP contribution is 2.42. The number of carbonyl (C=O) groups is 1. The third-order valence-corrected chi connectivity index (χ3v) is 4.22. The van der Waals surface area contributed by atoms with Crippen LogP contribution >= 0.6 is 0 Å². The van der Waals surface area contributed by atoms with E-state index >= 15 is 0 Å². The summed E-state index contributed by atoms with van der Waals surface area (Å²) >= 11 is 0. The summed E-state index contributed by atoms with van der Waals surface area (Å²) in [6, 6.07) is 5.73. The van der Waals surface area contributed by atoms with Gasteiger partial charge in [0.2, 0.25) is 5.95 Å². The van der Waals surface area contributed by atoms with Crippen LogP contribution < -0.4 is 25.4 Å². The number of hydrogen-bond donors (Lipinski definition) is 3. The third-order valence-electron chi connectivity index (χ3n) is 4.22. The number of nitrogens with one attached hydrogen (secondary N) is 3. The number of rotatable bonds is 6. The Morgan fingerprint density at radius 1 is 1.23 bits per heavy atom. The minimum atomic E-state index is -3.72. The molecule has 3 N–H and O–H groups in total. The summed E-state index contributed by atoms with van der Waals surface area (Å²) in [5.41, 5.74) is 1.24. The lowest BCUT2D eigenvalue weighted by Gasteiger charge is -2.10. The lowest BCUT2D eigenvalue weighted by molar-refractivity contribution is -0.286. The quantitative estimate of drug-likeness (QED) is 0.560. The molecule has 1 amide bonds. The Morgan fingerprint density at radius 2 is 2.03 bits per heavy atom. The molecule has 30 heavy (non-hydrogen) atoms. The van der Waals surface area contributed by atoms with Gasteiger partial charge in [-0.25, -0.2) is 9.97 Å². The molecule has 0 aliphatic carbocycles. The molecule has 156 valence electrons. The van der Waals surface area contributed by atoms with Gasteiger partial charge in [-0.1, -0.05) is 0 Å². The smallest absolute Gasteiger partial charge is 0.395 e. The number of aryl methyl sites for hydroxylation is 1. The van der Waals surface area contributed by atoms with Crippen LogP contribution in [0.5, 0.6) is 11.5 Å². The van der Waals surface area contributed by atoms with E-state index in [9.17, 15) is 13.6 Å². The van der Waals surface area contributed by atoms with E-state index in [1.54, 1.807) is 26.4 Å². The Bertz CT molecular complexity index is 1100. The highest BCUT2D eigenvalue weighted by molar-refractivity contribution is 6.07. The minimum Gasteiger partial charge on any atom is -0.395 e. The number of fused-ring (bicyclic) bond motifs is 1. The fourth-order valence-corrected chi connectivity index (χ4v) is 2.83. The predicted octanol–water partition coefficient (Wildman–Crippen LogP) is 2.44. The molecular weight excluding hydrogens is 400 g/mol. The van der Waals surface area contributed by atoms with Crippen LogP contribution in [0.4, 0.5) is 26.2 Å². The molecule has 1 aliphatic rings. The monoisotopic (exact) mass is 417 g/mol. The van der Waals surface area contributed by atoms with Crippen LogP contribution in [0.2, 0.25) is 0 Å². The standard InChI is InChI=1S/C18H17F2N7O3/c1-21-17-22-6-5-11(26-17)8-23-15-12(9-24-27(15)2)16(28)25-10-3-4-13-14(7-10)30-18(19,20)29-13/h3-7,9,23H,8H2,1-2H3,(H,25,28)(H,21,22,26). The first-order valence-corrected chi connectivity index (χ1v) is 8.81. The van der Waals surface area contributed by atoms with E-state index < -0.39 is 12.2 Å². The van der Waals surface area contributed by atoms with Crippen LogP contribution in [-0.4, -0.2) is 39.0 Å². The summed E-state index contributed by atoms with van der Waals surface area (Å²) in [6.07, 6.45) is -0.701. The van der Waals surface area contributed by atoms with Gasteiger partial charge in [0.1, 0.15) is 11.4 Å². The Hall–Kier alpha value is -3.96. The maximum atomic E-state index is 13.2. The van der Waals surface area contributed by atoms with Crippen LogP contribution in [-0.2, 0) is 13.6 Å². The van der Waals surface area contributed by atoms with E-state index in [4.69, 9.17) is 0 Å². The van der Waals surface area contributed by atoms with Gasteiger partial charge in [-0.05, 0) is 18.2 Å². The van der Waals surface area contributed by atoms with Gasteiger partial charge < -0.3 is 25.4 Å². The Morgan fingerprint density at radius 3 is 2.83 bits per heavy atom. The zero-order valence-corrected chi connectivity index (χ0v) is 15.9. The van der Waals surface area contributed by atoms with E-state index in [1.165, 1.54) is 29.1 Å². The fraction of sp³-hybridized carbons (Fsp3) is 0.222. The molecule has 4 rings (SSSR count). The second kappa shape index (κ2) is 7.46. The van der Waals surface area contributed by atoms with Crippen molar-refractivity contribution in [3.05, 3.63) is 47.9 Å². The second-order valence-corrected chi connectivity index (χ2v) is 6.29. The molecule has 0 unspecified atom stereocenters. The lowest BCUT2D eigenvalue weighted by Crippen LogP contribution is -2.25. The van der Waals surface area contributed by atoms with E-state index in [-0.39, 0.29) is 22.7 Å². The number of anilines is 3. The van der Waals surface area contributed by atoms with Gasteiger partial charge in [0.15, 0.2) is 11.5 Å². The summed E-state index contributed by atoms with van der Waals surface area (Å²) in [7, 11) is 3.40. The Balaban J connectivity index is 1.48. The second-order valence-electron chi connectivity index (χ2n) is 6.29. The molecule has 0 saturated heterocycles. The molecule has 1 aliphatic heterocycles. The molecule has 3 aromatic rings. The van der Waals surface area contributed by atoms with Crippen molar-refractivity contribution in [2.24, 2.45) is 7.05 Å². The molecule has 0 spiro atoms. The van der Waals surface area contributed by atoms with Crippen molar-refractivity contribution in [2.75, 3.05) is 23.0 Å². The molecule has 3 heterocycles. The van der Waals surface area contributed by atoms with E-state index in [1.807, 2.05) is 0 Å². The van der Waals surface area contributed by atoms with Gasteiger partial charge >= 0.3 is 6.29 Å². The minimum absolute atomic E-state index is 0.104. The number of benzene rings is 1. The zero-order chi connectivity index (χ0) is 21.3. The van der Waals surface area contributed by atoms with Crippen molar-refractivity contribution < 1.29 is 23.0 Å². The third kappa shape index (κ3) is 3.92. The molecule has 2 aromatic heterocycles. The largest absolute Gasteiger partial charge is 0.586 e. The molecule has 1 aromatic carbocycles. The van der Waals surface area contributed by atoms with Crippen LogP contribution in [0.15, 0.2) is 36.7 Å². The first kappa shape index (κ1) is 19.4. The van der Waals surface area contributed by atoms with Crippen molar-refractivity contribution in [2.45, 2.75) is 12.8 Å². The van der Waals surface area contributed by atoms with E-state index in [2.05, 4.69) is 40.5 Å². The number of amides is 1. The fourth-order valence-electron chi connectivity index (χ4n) is 2.83. The van der Waals surface area contributed by atoms with Gasteiger partial charge in [-0.15, -0.1) is 8.78 Å². The summed E-state index contributed by atoms with van der Waals surface area (Å²) in [5.74, 6) is 0.198. The summed E-state index contributed by atoms with van der Waals surface area (Å²) in [6.45, 7) is 0.329. The van der Waals surface area contributed by atoms with Crippen molar-refractivity contribution in [1.82, 2.24) is 19.7 Å². The zero-order valence-electron chi connectivity index (χ0n) is 15.9. The first-order valence-electron chi connectivity index (χ1n) is 8.81. The number of halogens is 2. The van der Waals surface area contributed by atoms with E-state index in [0.29, 0.717) is 24.0 Å². The van der Waals surface area contributed by atoms with Crippen molar-refractivity contribution in [3.8, 4) is 11.5 Å². The maximum Gasteiger partial charge on any atom is 0.586 e. The number of carbonyl (C=O) groups excluding carboxylic acids is 1. The average Bonchev–Trinajstić information content (AvgIpc) is 3.23. The average molecular weight is 417 g/mol. The summed E-state index contributed by atoms with van der Waals surface area (Å²) in [5, 5.41) is 12.7. The number of alkyl halides is 2. The topological polar surface area (TPSA) is 115 Å². The summed E-state index contributed by atoms with van der Waals surface area (Å²) in [4.78, 5) is 21.1. The predicted molar refractivity (Wildman–Crippen MR) is 103 cm³/mol. The molecule has 0 fully saturated rings. The first-order chi connectivity index (χ1) is 14.3. The maximum absolute atomic E-state index is 13.2. The lowest BCUT2D eigenvalue weighted by atomic mass is 10.2. The van der Waals surface area contributed by atoms with Crippen LogP contribution in [0.1, 0.15) is 16.1 Å². The molecule has 12 heteroatoms. The molecule has 0 bridgehead atoms. The number of hydrogen-bond acceptors (Lipinski definition) is 8. The Kier molecular flexibility index (Phi) is 4.82. The molecule has 0 saturated carbocycles. The number of aromatic nitrogens is 4. The van der Waals surface area contributed by atoms with Gasteiger partial charge in [-0.2, -0.15) is 5.10 Å².